The molecule has 7 heteroatoms. The van der Waals surface area contributed by atoms with Crippen LogP contribution in [0, 0.1) is 0 Å². The lowest BCUT2D eigenvalue weighted by Gasteiger charge is -2.07. The standard InChI is InChI=1S/C14H9Cl2N3O2/c15-7-1-3-10(16)9(5-7)13(20)17-8-2-4-11-12(6-8)19-14(21)18-11/h1-6H,(H,17,20)(H2,18,19,21). The number of rotatable bonds is 2. The van der Waals surface area contributed by atoms with Gasteiger partial charge in [-0.15, -0.1) is 0 Å². The second-order valence-corrected chi connectivity index (χ2v) is 5.26. The van der Waals surface area contributed by atoms with Crippen LogP contribution in [0.3, 0.4) is 0 Å². The van der Waals surface area contributed by atoms with Crippen molar-refractivity contribution < 1.29 is 4.79 Å². The Morgan fingerprint density at radius 2 is 1.76 bits per heavy atom. The molecular formula is C14H9Cl2N3O2. The highest BCUT2D eigenvalue weighted by Crippen LogP contribution is 2.22. The lowest BCUT2D eigenvalue weighted by atomic mass is 10.2. The van der Waals surface area contributed by atoms with Crippen molar-refractivity contribution in [2.24, 2.45) is 0 Å². The van der Waals surface area contributed by atoms with E-state index < -0.39 is 0 Å². The third-order valence-electron chi connectivity index (χ3n) is 2.95. The average molecular weight is 322 g/mol. The van der Waals surface area contributed by atoms with E-state index >= 15 is 0 Å². The van der Waals surface area contributed by atoms with Gasteiger partial charge < -0.3 is 15.3 Å². The van der Waals surface area contributed by atoms with Crippen molar-refractivity contribution in [1.29, 1.82) is 0 Å². The van der Waals surface area contributed by atoms with Gasteiger partial charge in [0.05, 0.1) is 21.6 Å². The van der Waals surface area contributed by atoms with E-state index in [-0.39, 0.29) is 17.2 Å². The molecule has 0 aliphatic heterocycles. The lowest BCUT2D eigenvalue weighted by molar-refractivity contribution is 0.102. The van der Waals surface area contributed by atoms with Gasteiger partial charge in [-0.3, -0.25) is 4.79 Å². The van der Waals surface area contributed by atoms with E-state index in [4.69, 9.17) is 23.2 Å². The van der Waals surface area contributed by atoms with Crippen LogP contribution in [-0.2, 0) is 0 Å². The minimum Gasteiger partial charge on any atom is -0.322 e. The van der Waals surface area contributed by atoms with Crippen LogP contribution >= 0.6 is 23.2 Å². The fourth-order valence-corrected chi connectivity index (χ4v) is 2.36. The number of imidazole rings is 1. The third kappa shape index (κ3) is 2.79. The van der Waals surface area contributed by atoms with E-state index in [1.165, 1.54) is 6.07 Å². The molecule has 0 aliphatic rings. The summed E-state index contributed by atoms with van der Waals surface area (Å²) in [7, 11) is 0. The zero-order chi connectivity index (χ0) is 15.0. The van der Waals surface area contributed by atoms with Gasteiger partial charge in [0.15, 0.2) is 0 Å². The summed E-state index contributed by atoms with van der Waals surface area (Å²) in [6.45, 7) is 0. The van der Waals surface area contributed by atoms with E-state index in [1.807, 2.05) is 0 Å². The van der Waals surface area contributed by atoms with Gasteiger partial charge in [-0.1, -0.05) is 23.2 Å². The van der Waals surface area contributed by atoms with Crippen LogP contribution in [0.1, 0.15) is 10.4 Å². The summed E-state index contributed by atoms with van der Waals surface area (Å²) >= 11 is 11.8. The predicted octanol–water partition coefficient (Wildman–Crippen LogP) is 3.42. The van der Waals surface area contributed by atoms with Gasteiger partial charge >= 0.3 is 5.69 Å². The van der Waals surface area contributed by atoms with Crippen molar-refractivity contribution >= 4 is 45.8 Å². The van der Waals surface area contributed by atoms with Gasteiger partial charge in [0.2, 0.25) is 0 Å². The summed E-state index contributed by atoms with van der Waals surface area (Å²) in [5.74, 6) is -0.375. The van der Waals surface area contributed by atoms with E-state index in [0.29, 0.717) is 26.8 Å². The number of anilines is 1. The number of hydrogen-bond donors (Lipinski definition) is 3. The number of aromatic amines is 2. The number of halogens is 2. The minimum atomic E-state index is -0.375. The Kier molecular flexibility index (Phi) is 3.45. The molecule has 0 unspecified atom stereocenters. The smallest absolute Gasteiger partial charge is 0.322 e. The first kappa shape index (κ1) is 13.7. The number of aromatic nitrogens is 2. The molecule has 0 bridgehead atoms. The monoisotopic (exact) mass is 321 g/mol. The quantitative estimate of drug-likeness (QED) is 0.676. The molecule has 0 saturated heterocycles. The van der Waals surface area contributed by atoms with Crippen LogP contribution in [0.2, 0.25) is 10.0 Å². The summed E-state index contributed by atoms with van der Waals surface area (Å²) in [6.07, 6.45) is 0. The Balaban J connectivity index is 1.92. The molecule has 0 saturated carbocycles. The summed E-state index contributed by atoms with van der Waals surface area (Å²) in [5, 5.41) is 3.45. The Morgan fingerprint density at radius 3 is 2.57 bits per heavy atom. The number of carbonyl (C=O) groups excluding carboxylic acids is 1. The molecule has 3 N–H and O–H groups in total. The Morgan fingerprint density at radius 1 is 1.00 bits per heavy atom. The molecule has 0 spiro atoms. The number of carbonyl (C=O) groups is 1. The van der Waals surface area contributed by atoms with Crippen molar-refractivity contribution in [2.45, 2.75) is 0 Å². The lowest BCUT2D eigenvalue weighted by Crippen LogP contribution is -2.12. The van der Waals surface area contributed by atoms with Gasteiger partial charge in [-0.2, -0.15) is 0 Å². The Hall–Kier alpha value is -2.24. The first-order chi connectivity index (χ1) is 10.0. The molecule has 0 radical (unpaired) electrons. The zero-order valence-corrected chi connectivity index (χ0v) is 12.0. The molecule has 2 aromatic carbocycles. The van der Waals surface area contributed by atoms with Crippen molar-refractivity contribution in [1.82, 2.24) is 9.97 Å². The molecule has 3 rings (SSSR count). The third-order valence-corrected chi connectivity index (χ3v) is 3.51. The van der Waals surface area contributed by atoms with E-state index in [2.05, 4.69) is 15.3 Å². The summed E-state index contributed by atoms with van der Waals surface area (Å²) < 4.78 is 0. The van der Waals surface area contributed by atoms with E-state index in [1.54, 1.807) is 30.3 Å². The molecule has 3 aromatic rings. The second kappa shape index (κ2) is 5.27. The number of fused-ring (bicyclic) bond motifs is 1. The van der Waals surface area contributed by atoms with Crippen molar-refractivity contribution in [3.05, 3.63) is 62.5 Å². The van der Waals surface area contributed by atoms with Crippen LogP contribution in [0.25, 0.3) is 11.0 Å². The molecule has 0 fully saturated rings. The molecule has 1 heterocycles. The van der Waals surface area contributed by atoms with Gasteiger partial charge in [0, 0.05) is 10.7 Å². The SMILES string of the molecule is O=C(Nc1ccc2[nH]c(=O)[nH]c2c1)c1cc(Cl)ccc1Cl. The number of nitrogens with one attached hydrogen (secondary N) is 3. The van der Waals surface area contributed by atoms with Gasteiger partial charge in [0.25, 0.3) is 5.91 Å². The van der Waals surface area contributed by atoms with Crippen molar-refractivity contribution in [3.63, 3.8) is 0 Å². The topological polar surface area (TPSA) is 77.8 Å². The van der Waals surface area contributed by atoms with Gasteiger partial charge in [-0.05, 0) is 36.4 Å². The highest BCUT2D eigenvalue weighted by atomic mass is 35.5. The van der Waals surface area contributed by atoms with Gasteiger partial charge in [0.1, 0.15) is 0 Å². The minimum absolute atomic E-state index is 0.284. The largest absolute Gasteiger partial charge is 0.323 e. The van der Waals surface area contributed by atoms with Gasteiger partial charge in [-0.25, -0.2) is 4.79 Å². The number of hydrogen-bond acceptors (Lipinski definition) is 2. The second-order valence-electron chi connectivity index (χ2n) is 4.42. The zero-order valence-electron chi connectivity index (χ0n) is 10.5. The Labute approximate surface area is 128 Å². The molecule has 0 atom stereocenters. The van der Waals surface area contributed by atoms with Crippen molar-refractivity contribution in [2.75, 3.05) is 5.32 Å². The fourth-order valence-electron chi connectivity index (χ4n) is 1.98. The molecular weight excluding hydrogens is 313 g/mol. The van der Waals surface area contributed by atoms with E-state index in [0.717, 1.165) is 0 Å². The maximum Gasteiger partial charge on any atom is 0.323 e. The maximum absolute atomic E-state index is 12.2. The van der Waals surface area contributed by atoms with Crippen LogP contribution in [0.4, 0.5) is 5.69 Å². The summed E-state index contributed by atoms with van der Waals surface area (Å²) in [4.78, 5) is 28.6. The first-order valence-corrected chi connectivity index (χ1v) is 6.77. The van der Waals surface area contributed by atoms with Crippen LogP contribution in [-0.4, -0.2) is 15.9 Å². The highest BCUT2D eigenvalue weighted by Gasteiger charge is 2.11. The predicted molar refractivity (Wildman–Crippen MR) is 83.3 cm³/mol. The van der Waals surface area contributed by atoms with Crippen molar-refractivity contribution in [3.8, 4) is 0 Å². The summed E-state index contributed by atoms with van der Waals surface area (Å²) in [5.41, 5.74) is 1.80. The first-order valence-electron chi connectivity index (χ1n) is 6.01. The normalized spacial score (nSPS) is 10.8. The Bertz CT molecular complexity index is 899. The average Bonchev–Trinajstić information content (AvgIpc) is 2.80. The molecule has 5 nitrogen and oxygen atoms in total. The molecule has 0 aliphatic carbocycles. The number of H-pyrrole nitrogens is 2. The fraction of sp³-hybridized carbons (Fsp3) is 0. The van der Waals surface area contributed by atoms with Crippen LogP contribution in [0.15, 0.2) is 41.2 Å². The molecule has 1 aromatic heterocycles. The van der Waals surface area contributed by atoms with Crippen LogP contribution < -0.4 is 11.0 Å². The molecule has 106 valence electrons. The maximum atomic E-state index is 12.2. The van der Waals surface area contributed by atoms with E-state index in [9.17, 15) is 9.59 Å². The number of benzene rings is 2. The van der Waals surface area contributed by atoms with Crippen LogP contribution in [0.5, 0.6) is 0 Å². The highest BCUT2D eigenvalue weighted by molar-refractivity contribution is 6.36. The molecule has 1 amide bonds. The number of amides is 1. The summed E-state index contributed by atoms with van der Waals surface area (Å²) in [6, 6.07) is 9.70. The molecule has 21 heavy (non-hydrogen) atoms.